The van der Waals surface area contributed by atoms with Gasteiger partial charge in [0.05, 0.1) is 30.7 Å². The van der Waals surface area contributed by atoms with E-state index in [0.29, 0.717) is 44.1 Å². The Bertz CT molecular complexity index is 1330. The first-order chi connectivity index (χ1) is 18.8. The number of hydrogen-bond donors (Lipinski definition) is 2. The number of alkyl halides is 3. The highest BCUT2D eigenvalue weighted by Crippen LogP contribution is 2.38. The average Bonchev–Trinajstić information content (AvgIpc) is 3.48. The second-order valence-corrected chi connectivity index (χ2v) is 10.6. The third kappa shape index (κ3) is 4.95. The first kappa shape index (κ1) is 25.7. The van der Waals surface area contributed by atoms with Gasteiger partial charge in [-0.2, -0.15) is 13.2 Å². The Kier molecular flexibility index (Phi) is 6.70. The number of morpholine rings is 1. The molecule has 2 unspecified atom stereocenters. The number of nitrogens with one attached hydrogen (secondary N) is 2. The number of nitrogens with zero attached hydrogens (tertiary/aromatic N) is 4. The number of aromatic amines is 1. The van der Waals surface area contributed by atoms with E-state index in [1.807, 2.05) is 6.07 Å². The predicted molar refractivity (Wildman–Crippen MR) is 142 cm³/mol. The van der Waals surface area contributed by atoms with Crippen LogP contribution in [-0.4, -0.2) is 76.4 Å². The van der Waals surface area contributed by atoms with Crippen LogP contribution in [-0.2, 0) is 9.53 Å². The first-order valence-electron chi connectivity index (χ1n) is 13.4. The monoisotopic (exact) mass is 540 g/mol. The molecule has 3 atom stereocenters. The number of H-pyrrole nitrogens is 1. The van der Waals surface area contributed by atoms with Crippen molar-refractivity contribution < 1.29 is 22.7 Å². The smallest absolute Gasteiger partial charge is 0.377 e. The molecule has 3 aromatic rings. The summed E-state index contributed by atoms with van der Waals surface area (Å²) in [6, 6.07) is 7.88. The van der Waals surface area contributed by atoms with Gasteiger partial charge in [-0.1, -0.05) is 18.7 Å². The minimum Gasteiger partial charge on any atom is -0.377 e. The van der Waals surface area contributed by atoms with Crippen molar-refractivity contribution in [1.82, 2.24) is 19.9 Å². The molecule has 1 amide bonds. The summed E-state index contributed by atoms with van der Waals surface area (Å²) >= 11 is 0. The molecule has 0 aliphatic carbocycles. The minimum absolute atomic E-state index is 0.243. The first-order valence-corrected chi connectivity index (χ1v) is 13.4. The van der Waals surface area contributed by atoms with Crippen LogP contribution in [0, 0.1) is 5.92 Å². The third-order valence-electron chi connectivity index (χ3n) is 8.26. The second kappa shape index (κ2) is 10.2. The van der Waals surface area contributed by atoms with Crippen LogP contribution < -0.4 is 10.2 Å². The third-order valence-corrected chi connectivity index (χ3v) is 8.26. The van der Waals surface area contributed by atoms with E-state index >= 15 is 0 Å². The van der Waals surface area contributed by atoms with Gasteiger partial charge in [-0.05, 0) is 61.4 Å². The summed E-state index contributed by atoms with van der Waals surface area (Å²) in [6.07, 6.45) is 1.05. The molecule has 3 aliphatic rings. The molecule has 3 saturated heterocycles. The fraction of sp³-hybridized carbons (Fsp3) is 0.464. The van der Waals surface area contributed by atoms with Crippen LogP contribution in [0.3, 0.4) is 0 Å². The number of rotatable bonds is 6. The molecule has 0 radical (unpaired) electrons. The summed E-state index contributed by atoms with van der Waals surface area (Å²) < 4.78 is 47.8. The molecule has 206 valence electrons. The van der Waals surface area contributed by atoms with E-state index in [1.54, 1.807) is 35.5 Å². The Morgan fingerprint density at radius 1 is 1.10 bits per heavy atom. The summed E-state index contributed by atoms with van der Waals surface area (Å²) in [5.74, 6) is 0.0260. The van der Waals surface area contributed by atoms with Gasteiger partial charge in [0, 0.05) is 24.5 Å². The highest BCUT2D eigenvalue weighted by molar-refractivity contribution is 5.92. The van der Waals surface area contributed by atoms with Gasteiger partial charge in [-0.25, -0.2) is 9.97 Å². The van der Waals surface area contributed by atoms with Gasteiger partial charge in [-0.15, -0.1) is 0 Å². The van der Waals surface area contributed by atoms with Gasteiger partial charge >= 0.3 is 6.18 Å². The lowest BCUT2D eigenvalue weighted by atomic mass is 9.88. The molecule has 2 aromatic heterocycles. The zero-order chi connectivity index (χ0) is 27.1. The van der Waals surface area contributed by atoms with Crippen LogP contribution in [0.25, 0.3) is 22.3 Å². The van der Waals surface area contributed by atoms with Gasteiger partial charge in [0.2, 0.25) is 5.91 Å². The average molecular weight is 541 g/mol. The Balaban J connectivity index is 1.19. The molecule has 39 heavy (non-hydrogen) atoms. The SMILES string of the molecule is C=CC(=O)N1CCC([C@@H](Nc2ccc(-c3cc4c(N5C6CCC5COC6)ncnc4[nH]3)cc2)C(F)(F)F)CC1. The van der Waals surface area contributed by atoms with Crippen molar-refractivity contribution in [1.29, 1.82) is 0 Å². The zero-order valence-electron chi connectivity index (χ0n) is 21.5. The largest absolute Gasteiger partial charge is 0.408 e. The summed E-state index contributed by atoms with van der Waals surface area (Å²) in [5, 5.41) is 3.64. The number of hydrogen-bond acceptors (Lipinski definition) is 6. The number of aromatic nitrogens is 3. The van der Waals surface area contributed by atoms with Gasteiger partial charge in [-0.3, -0.25) is 4.79 Å². The zero-order valence-corrected chi connectivity index (χ0v) is 21.5. The number of anilines is 2. The second-order valence-electron chi connectivity index (χ2n) is 10.6. The van der Waals surface area contributed by atoms with E-state index in [4.69, 9.17) is 4.74 Å². The number of benzene rings is 1. The molecular formula is C28H31F3N6O2. The van der Waals surface area contributed by atoms with Crippen molar-refractivity contribution in [2.24, 2.45) is 5.92 Å². The molecule has 0 spiro atoms. The number of likely N-dealkylation sites (tertiary alicyclic amines) is 1. The number of amides is 1. The van der Waals surface area contributed by atoms with Crippen LogP contribution >= 0.6 is 0 Å². The topological polar surface area (TPSA) is 86.4 Å². The molecule has 2 bridgehead atoms. The molecule has 3 fully saturated rings. The quantitative estimate of drug-likeness (QED) is 0.439. The van der Waals surface area contributed by atoms with Crippen molar-refractivity contribution in [2.75, 3.05) is 36.5 Å². The van der Waals surface area contributed by atoms with Crippen LogP contribution in [0.1, 0.15) is 25.7 Å². The Labute approximate surface area is 224 Å². The lowest BCUT2D eigenvalue weighted by Gasteiger charge is -2.37. The molecule has 5 heterocycles. The number of carbonyl (C=O) groups excluding carboxylic acids is 1. The van der Waals surface area contributed by atoms with E-state index in [9.17, 15) is 18.0 Å². The fourth-order valence-corrected chi connectivity index (χ4v) is 6.24. The molecule has 11 heteroatoms. The molecule has 6 rings (SSSR count). The van der Waals surface area contributed by atoms with Crippen LogP contribution in [0.5, 0.6) is 0 Å². The summed E-state index contributed by atoms with van der Waals surface area (Å²) in [5.41, 5.74) is 2.79. The lowest BCUT2D eigenvalue weighted by Crippen LogP contribution is -2.48. The maximum atomic E-state index is 14.0. The molecule has 8 nitrogen and oxygen atoms in total. The molecule has 1 aromatic carbocycles. The standard InChI is InChI=1S/C28H31F3N6O2/c1-2-24(38)36-11-9-18(10-12-36)25(28(29,30)31)34-19-5-3-17(4-6-19)23-13-22-26(35-23)32-16-33-27(22)37-20-7-8-21(37)15-39-14-20/h2-6,13,16,18,20-21,25,34H,1,7-12,14-15H2,(H,32,33,35)/t20?,21?,25-/m1/s1. The Morgan fingerprint density at radius 3 is 2.44 bits per heavy atom. The van der Waals surface area contributed by atoms with E-state index in [1.165, 1.54) is 6.08 Å². The number of halogens is 3. The van der Waals surface area contributed by atoms with Crippen LogP contribution in [0.2, 0.25) is 0 Å². The maximum absolute atomic E-state index is 14.0. The fourth-order valence-electron chi connectivity index (χ4n) is 6.24. The maximum Gasteiger partial charge on any atom is 0.408 e. The molecule has 0 saturated carbocycles. The van der Waals surface area contributed by atoms with Crippen molar-refractivity contribution >= 4 is 28.4 Å². The Morgan fingerprint density at radius 2 is 1.79 bits per heavy atom. The minimum atomic E-state index is -4.42. The lowest BCUT2D eigenvalue weighted by molar-refractivity contribution is -0.157. The van der Waals surface area contributed by atoms with Crippen molar-refractivity contribution in [3.05, 3.63) is 49.3 Å². The number of piperidine rings is 1. The van der Waals surface area contributed by atoms with E-state index in [2.05, 4.69) is 31.7 Å². The van der Waals surface area contributed by atoms with Crippen LogP contribution in [0.15, 0.2) is 49.3 Å². The molecule has 2 N–H and O–H groups in total. The van der Waals surface area contributed by atoms with Gasteiger partial charge in [0.15, 0.2) is 0 Å². The van der Waals surface area contributed by atoms with Gasteiger partial charge < -0.3 is 24.8 Å². The summed E-state index contributed by atoms with van der Waals surface area (Å²) in [4.78, 5) is 28.1. The number of carbonyl (C=O) groups is 1. The number of ether oxygens (including phenoxy) is 1. The van der Waals surface area contributed by atoms with Crippen molar-refractivity contribution in [3.63, 3.8) is 0 Å². The Hall–Kier alpha value is -3.60. The van der Waals surface area contributed by atoms with E-state index < -0.39 is 18.1 Å². The van der Waals surface area contributed by atoms with Gasteiger partial charge in [0.25, 0.3) is 0 Å². The summed E-state index contributed by atoms with van der Waals surface area (Å²) in [7, 11) is 0. The molecule has 3 aliphatic heterocycles. The number of fused-ring (bicyclic) bond motifs is 3. The van der Waals surface area contributed by atoms with Gasteiger partial charge in [0.1, 0.15) is 23.8 Å². The normalized spacial score (nSPS) is 22.7. The van der Waals surface area contributed by atoms with E-state index in [0.717, 1.165) is 41.0 Å². The van der Waals surface area contributed by atoms with E-state index in [-0.39, 0.29) is 18.7 Å². The highest BCUT2D eigenvalue weighted by atomic mass is 19.4. The van der Waals surface area contributed by atoms with Crippen molar-refractivity contribution in [3.8, 4) is 11.3 Å². The molecular weight excluding hydrogens is 509 g/mol. The predicted octanol–water partition coefficient (Wildman–Crippen LogP) is 4.76. The summed E-state index contributed by atoms with van der Waals surface area (Å²) in [6.45, 7) is 5.43. The van der Waals surface area contributed by atoms with Crippen molar-refractivity contribution in [2.45, 2.75) is 50.0 Å². The van der Waals surface area contributed by atoms with Crippen LogP contribution in [0.4, 0.5) is 24.7 Å². The highest BCUT2D eigenvalue weighted by Gasteiger charge is 2.45.